The lowest BCUT2D eigenvalue weighted by molar-refractivity contribution is -0.120. The maximum atomic E-state index is 13.0. The number of amides is 1. The van der Waals surface area contributed by atoms with Crippen LogP contribution in [0.1, 0.15) is 23.7 Å². The van der Waals surface area contributed by atoms with Crippen LogP contribution in [0.25, 0.3) is 22.0 Å². The molecule has 1 aliphatic carbocycles. The maximum absolute atomic E-state index is 13.0. The molecular formula is C25H21N3OS. The van der Waals surface area contributed by atoms with Crippen LogP contribution in [0.2, 0.25) is 0 Å². The highest BCUT2D eigenvalue weighted by atomic mass is 32.2. The topological polar surface area (TPSA) is 54.9 Å². The molecule has 0 unspecified atom stereocenters. The average molecular weight is 412 g/mol. The van der Waals surface area contributed by atoms with E-state index in [4.69, 9.17) is 0 Å². The Kier molecular flexibility index (Phi) is 5.20. The van der Waals surface area contributed by atoms with Crippen LogP contribution in [0.5, 0.6) is 0 Å². The standard InChI is InChI=1S/C25H21N3OS/c29-24(26-19-15-16-19)23(18-11-5-2-6-12-18)30-25-21-14-8-7-13-20(21)22(27-28-25)17-9-3-1-4-10-17/h1-14,19,23H,15-16H2,(H,26,29)/t23-/m1/s1. The predicted octanol–water partition coefficient (Wildman–Crippen LogP) is 5.41. The molecule has 30 heavy (non-hydrogen) atoms. The molecule has 3 aromatic carbocycles. The lowest BCUT2D eigenvalue weighted by Gasteiger charge is -2.17. The molecule has 0 spiro atoms. The Morgan fingerprint density at radius 2 is 1.47 bits per heavy atom. The Bertz CT molecular complexity index is 1180. The van der Waals surface area contributed by atoms with Crippen LogP contribution in [0.3, 0.4) is 0 Å². The van der Waals surface area contributed by atoms with Gasteiger partial charge in [0.25, 0.3) is 0 Å². The second-order valence-corrected chi connectivity index (χ2v) is 8.55. The molecule has 4 aromatic rings. The number of hydrogen-bond acceptors (Lipinski definition) is 4. The number of carbonyl (C=O) groups excluding carboxylic acids is 1. The number of benzene rings is 3. The largest absolute Gasteiger partial charge is 0.352 e. The summed E-state index contributed by atoms with van der Waals surface area (Å²) in [5, 5.41) is 14.7. The molecule has 1 amide bonds. The first kappa shape index (κ1) is 18.8. The zero-order chi connectivity index (χ0) is 20.3. The normalized spacial score (nSPS) is 14.4. The van der Waals surface area contributed by atoms with E-state index in [2.05, 4.69) is 27.6 Å². The number of nitrogens with zero attached hydrogens (tertiary/aromatic N) is 2. The molecular weight excluding hydrogens is 390 g/mol. The van der Waals surface area contributed by atoms with Crippen LogP contribution in [0.4, 0.5) is 0 Å². The van der Waals surface area contributed by atoms with E-state index in [0.717, 1.165) is 45.5 Å². The highest BCUT2D eigenvalue weighted by molar-refractivity contribution is 8.00. The number of carbonyl (C=O) groups is 1. The summed E-state index contributed by atoms with van der Waals surface area (Å²) in [4.78, 5) is 13.0. The van der Waals surface area contributed by atoms with Crippen LogP contribution in [-0.4, -0.2) is 22.1 Å². The van der Waals surface area contributed by atoms with E-state index >= 15 is 0 Å². The van der Waals surface area contributed by atoms with E-state index in [1.54, 1.807) is 0 Å². The maximum Gasteiger partial charge on any atom is 0.238 e. The average Bonchev–Trinajstić information content (AvgIpc) is 3.62. The number of nitrogens with one attached hydrogen (secondary N) is 1. The zero-order valence-corrected chi connectivity index (χ0v) is 17.2. The minimum absolute atomic E-state index is 0.0340. The van der Waals surface area contributed by atoms with Crippen molar-refractivity contribution in [2.24, 2.45) is 0 Å². The molecule has 1 atom stereocenters. The first-order valence-corrected chi connectivity index (χ1v) is 11.0. The lowest BCUT2D eigenvalue weighted by atomic mass is 10.1. The van der Waals surface area contributed by atoms with E-state index in [1.807, 2.05) is 72.8 Å². The molecule has 5 rings (SSSR count). The molecule has 1 heterocycles. The van der Waals surface area contributed by atoms with Crippen molar-refractivity contribution in [1.82, 2.24) is 15.5 Å². The van der Waals surface area contributed by atoms with Crippen molar-refractivity contribution in [2.45, 2.75) is 29.2 Å². The van der Waals surface area contributed by atoms with Crippen molar-refractivity contribution in [3.63, 3.8) is 0 Å². The van der Waals surface area contributed by atoms with Crippen LogP contribution in [-0.2, 0) is 4.79 Å². The lowest BCUT2D eigenvalue weighted by Crippen LogP contribution is -2.29. The number of fused-ring (bicyclic) bond motifs is 1. The molecule has 5 heteroatoms. The van der Waals surface area contributed by atoms with E-state index < -0.39 is 0 Å². The van der Waals surface area contributed by atoms with Crippen LogP contribution >= 0.6 is 11.8 Å². The van der Waals surface area contributed by atoms with Gasteiger partial charge in [0.1, 0.15) is 16.0 Å². The second kappa shape index (κ2) is 8.28. The SMILES string of the molecule is O=C(NC1CC1)[C@H](Sc1nnc(-c2ccccc2)c2ccccc12)c1ccccc1. The Morgan fingerprint density at radius 3 is 2.17 bits per heavy atom. The molecule has 0 aliphatic heterocycles. The van der Waals surface area contributed by atoms with Crippen molar-refractivity contribution < 1.29 is 4.79 Å². The highest BCUT2D eigenvalue weighted by Crippen LogP contribution is 2.39. The summed E-state index contributed by atoms with van der Waals surface area (Å²) in [6.45, 7) is 0. The molecule has 1 fully saturated rings. The van der Waals surface area contributed by atoms with Gasteiger partial charge in [0.2, 0.25) is 5.91 Å². The second-order valence-electron chi connectivity index (χ2n) is 7.46. The number of rotatable bonds is 6. The molecule has 1 aromatic heterocycles. The van der Waals surface area contributed by atoms with E-state index in [0.29, 0.717) is 6.04 Å². The van der Waals surface area contributed by atoms with E-state index in [1.165, 1.54) is 11.8 Å². The van der Waals surface area contributed by atoms with Gasteiger partial charge in [-0.15, -0.1) is 10.2 Å². The number of hydrogen-bond donors (Lipinski definition) is 1. The van der Waals surface area contributed by atoms with Gasteiger partial charge in [0.15, 0.2) is 0 Å². The zero-order valence-electron chi connectivity index (χ0n) is 16.4. The molecule has 4 nitrogen and oxygen atoms in total. The molecule has 0 saturated heterocycles. The molecule has 1 saturated carbocycles. The first-order valence-electron chi connectivity index (χ1n) is 10.1. The summed E-state index contributed by atoms with van der Waals surface area (Å²) in [6.07, 6.45) is 2.12. The van der Waals surface area contributed by atoms with Gasteiger partial charge in [0, 0.05) is 22.4 Å². The van der Waals surface area contributed by atoms with Crippen molar-refractivity contribution >= 4 is 28.4 Å². The minimum atomic E-state index is -0.368. The summed E-state index contributed by atoms with van der Waals surface area (Å²) in [5.74, 6) is 0.0340. The molecule has 148 valence electrons. The van der Waals surface area contributed by atoms with Gasteiger partial charge in [0.05, 0.1) is 0 Å². The summed E-state index contributed by atoms with van der Waals surface area (Å²) in [7, 11) is 0. The van der Waals surface area contributed by atoms with Crippen molar-refractivity contribution in [3.05, 3.63) is 90.5 Å². The first-order chi connectivity index (χ1) is 14.8. The van der Waals surface area contributed by atoms with E-state index in [9.17, 15) is 4.79 Å². The monoisotopic (exact) mass is 411 g/mol. The fourth-order valence-corrected chi connectivity index (χ4v) is 4.58. The fraction of sp³-hybridized carbons (Fsp3) is 0.160. The van der Waals surface area contributed by atoms with Crippen molar-refractivity contribution in [2.75, 3.05) is 0 Å². The highest BCUT2D eigenvalue weighted by Gasteiger charge is 2.30. The van der Waals surface area contributed by atoms with Gasteiger partial charge in [-0.1, -0.05) is 96.7 Å². The quantitative estimate of drug-likeness (QED) is 0.431. The third kappa shape index (κ3) is 3.94. The summed E-state index contributed by atoms with van der Waals surface area (Å²) in [6, 6.07) is 28.4. The Morgan fingerprint density at radius 1 is 0.833 bits per heavy atom. The van der Waals surface area contributed by atoms with Gasteiger partial charge >= 0.3 is 0 Å². The summed E-state index contributed by atoms with van der Waals surface area (Å²) < 4.78 is 0. The van der Waals surface area contributed by atoms with Gasteiger partial charge in [-0.3, -0.25) is 4.79 Å². The van der Waals surface area contributed by atoms with E-state index in [-0.39, 0.29) is 11.2 Å². The summed E-state index contributed by atoms with van der Waals surface area (Å²) >= 11 is 1.47. The Balaban J connectivity index is 1.55. The molecule has 1 aliphatic rings. The Hall–Kier alpha value is -3.18. The minimum Gasteiger partial charge on any atom is -0.352 e. The third-order valence-electron chi connectivity index (χ3n) is 5.19. The van der Waals surface area contributed by atoms with Crippen LogP contribution in [0.15, 0.2) is 90.0 Å². The number of aromatic nitrogens is 2. The van der Waals surface area contributed by atoms with Crippen molar-refractivity contribution in [3.8, 4) is 11.3 Å². The van der Waals surface area contributed by atoms with Gasteiger partial charge in [-0.2, -0.15) is 0 Å². The molecule has 1 N–H and O–H groups in total. The van der Waals surface area contributed by atoms with Gasteiger partial charge in [-0.25, -0.2) is 0 Å². The molecule has 0 bridgehead atoms. The smallest absolute Gasteiger partial charge is 0.238 e. The fourth-order valence-electron chi connectivity index (χ4n) is 3.49. The third-order valence-corrected chi connectivity index (χ3v) is 6.44. The van der Waals surface area contributed by atoms with Crippen molar-refractivity contribution in [1.29, 1.82) is 0 Å². The van der Waals surface area contributed by atoms with Crippen LogP contribution in [0, 0.1) is 0 Å². The number of thioether (sulfide) groups is 1. The molecule has 0 radical (unpaired) electrons. The van der Waals surface area contributed by atoms with Crippen LogP contribution < -0.4 is 5.32 Å². The summed E-state index contributed by atoms with van der Waals surface area (Å²) in [5.41, 5.74) is 2.86. The van der Waals surface area contributed by atoms with Gasteiger partial charge < -0.3 is 5.32 Å². The van der Waals surface area contributed by atoms with Gasteiger partial charge in [-0.05, 0) is 18.4 Å². The predicted molar refractivity (Wildman–Crippen MR) is 121 cm³/mol. The Labute approximate surface area is 179 Å².